The number of nitrogens with two attached hydrogens (primary N) is 1. The summed E-state index contributed by atoms with van der Waals surface area (Å²) >= 11 is 4.83. The first-order valence-corrected chi connectivity index (χ1v) is 6.54. The van der Waals surface area contributed by atoms with E-state index in [9.17, 15) is 4.79 Å². The summed E-state index contributed by atoms with van der Waals surface area (Å²) in [7, 11) is 0. The van der Waals surface area contributed by atoms with Crippen molar-refractivity contribution in [1.29, 1.82) is 0 Å². The fourth-order valence-electron chi connectivity index (χ4n) is 1.34. The molecule has 0 heterocycles. The van der Waals surface area contributed by atoms with Gasteiger partial charge in [0.15, 0.2) is 0 Å². The second-order valence-corrected chi connectivity index (χ2v) is 4.95. The van der Waals surface area contributed by atoms with Crippen LogP contribution in [-0.4, -0.2) is 30.7 Å². The van der Waals surface area contributed by atoms with E-state index in [1.807, 2.05) is 6.92 Å². The second-order valence-electron chi connectivity index (χ2n) is 4.48. The minimum atomic E-state index is -0.346. The number of ether oxygens (including phenoxy) is 1. The lowest BCUT2D eigenvalue weighted by Crippen LogP contribution is -2.38. The Morgan fingerprint density at radius 3 is 2.59 bits per heavy atom. The fraction of sp³-hybridized carbons (Fsp3) is 0.833. The van der Waals surface area contributed by atoms with Crippen molar-refractivity contribution in [3.05, 3.63) is 0 Å². The van der Waals surface area contributed by atoms with Gasteiger partial charge in [-0.3, -0.25) is 4.79 Å². The summed E-state index contributed by atoms with van der Waals surface area (Å²) < 4.78 is 5.41. The van der Waals surface area contributed by atoms with Crippen LogP contribution in [0.15, 0.2) is 0 Å². The van der Waals surface area contributed by atoms with Gasteiger partial charge in [0.05, 0.1) is 10.9 Å². The van der Waals surface area contributed by atoms with Crippen LogP contribution < -0.4 is 11.1 Å². The first-order chi connectivity index (χ1) is 7.99. The number of thiocarbonyl (C=S) groups is 1. The van der Waals surface area contributed by atoms with E-state index in [0.29, 0.717) is 25.5 Å². The molecule has 4 nitrogen and oxygen atoms in total. The van der Waals surface area contributed by atoms with E-state index in [2.05, 4.69) is 19.2 Å². The van der Waals surface area contributed by atoms with E-state index < -0.39 is 0 Å². The first kappa shape index (κ1) is 16.3. The van der Waals surface area contributed by atoms with Crippen LogP contribution in [0.2, 0.25) is 0 Å². The number of hydrogen-bond acceptors (Lipinski definition) is 3. The fourth-order valence-corrected chi connectivity index (χ4v) is 1.62. The molecule has 0 rings (SSSR count). The molecule has 0 aliphatic heterocycles. The van der Waals surface area contributed by atoms with Gasteiger partial charge in [0.1, 0.15) is 0 Å². The molecule has 1 amide bonds. The van der Waals surface area contributed by atoms with Gasteiger partial charge in [0.2, 0.25) is 5.91 Å². The molecule has 0 bridgehead atoms. The van der Waals surface area contributed by atoms with E-state index in [1.165, 1.54) is 0 Å². The van der Waals surface area contributed by atoms with E-state index in [0.717, 1.165) is 13.0 Å². The molecule has 17 heavy (non-hydrogen) atoms. The van der Waals surface area contributed by atoms with Crippen molar-refractivity contribution in [2.75, 3.05) is 19.8 Å². The normalized spacial score (nSPS) is 12.5. The molecule has 1 unspecified atom stereocenters. The van der Waals surface area contributed by atoms with Crippen molar-refractivity contribution in [3.63, 3.8) is 0 Å². The van der Waals surface area contributed by atoms with Gasteiger partial charge in [-0.15, -0.1) is 0 Å². The third-order valence-electron chi connectivity index (χ3n) is 2.28. The van der Waals surface area contributed by atoms with Gasteiger partial charge in [0, 0.05) is 19.8 Å². The third kappa shape index (κ3) is 8.10. The van der Waals surface area contributed by atoms with Gasteiger partial charge < -0.3 is 15.8 Å². The molecule has 0 aliphatic rings. The van der Waals surface area contributed by atoms with Crippen LogP contribution in [-0.2, 0) is 9.53 Å². The average molecular weight is 260 g/mol. The van der Waals surface area contributed by atoms with Crippen molar-refractivity contribution in [2.45, 2.75) is 33.6 Å². The van der Waals surface area contributed by atoms with Crippen molar-refractivity contribution in [3.8, 4) is 0 Å². The Hall–Kier alpha value is -0.680. The van der Waals surface area contributed by atoms with Crippen LogP contribution in [0.4, 0.5) is 0 Å². The lowest BCUT2D eigenvalue weighted by molar-refractivity contribution is -0.123. The Bertz CT molecular complexity index is 245. The molecule has 0 saturated carbocycles. The molecule has 3 N–H and O–H groups in total. The molecule has 0 radical (unpaired) electrons. The third-order valence-corrected chi connectivity index (χ3v) is 2.57. The summed E-state index contributed by atoms with van der Waals surface area (Å²) in [5, 5.41) is 2.82. The first-order valence-electron chi connectivity index (χ1n) is 6.13. The molecule has 0 spiro atoms. The number of rotatable bonds is 9. The summed E-state index contributed by atoms with van der Waals surface area (Å²) in [6.07, 6.45) is 1.46. The van der Waals surface area contributed by atoms with Gasteiger partial charge in [-0.2, -0.15) is 0 Å². The van der Waals surface area contributed by atoms with Crippen LogP contribution in [0, 0.1) is 11.8 Å². The van der Waals surface area contributed by atoms with Crippen molar-refractivity contribution >= 4 is 23.1 Å². The molecule has 1 atom stereocenters. The zero-order valence-electron chi connectivity index (χ0n) is 11.0. The highest BCUT2D eigenvalue weighted by atomic mass is 32.1. The molecule has 0 aliphatic carbocycles. The smallest absolute Gasteiger partial charge is 0.229 e. The van der Waals surface area contributed by atoms with Crippen molar-refractivity contribution in [2.24, 2.45) is 17.6 Å². The molecular weight excluding hydrogens is 236 g/mol. The molecule has 5 heteroatoms. The topological polar surface area (TPSA) is 64.3 Å². The zero-order chi connectivity index (χ0) is 13.3. The lowest BCUT2D eigenvalue weighted by Gasteiger charge is -2.13. The summed E-state index contributed by atoms with van der Waals surface area (Å²) in [5.41, 5.74) is 5.48. The maximum atomic E-state index is 11.6. The SMILES string of the molecule is CCC(C(=O)NCCCOCC(C)C)C(N)=S. The zero-order valence-corrected chi connectivity index (χ0v) is 11.8. The largest absolute Gasteiger partial charge is 0.393 e. The average Bonchev–Trinajstić information content (AvgIpc) is 2.23. The minimum Gasteiger partial charge on any atom is -0.393 e. The molecule has 0 aromatic carbocycles. The van der Waals surface area contributed by atoms with E-state index in [1.54, 1.807) is 0 Å². The highest BCUT2D eigenvalue weighted by molar-refractivity contribution is 7.80. The monoisotopic (exact) mass is 260 g/mol. The second kappa shape index (κ2) is 9.36. The van der Waals surface area contributed by atoms with Crippen LogP contribution in [0.3, 0.4) is 0 Å². The van der Waals surface area contributed by atoms with Crippen LogP contribution in [0.5, 0.6) is 0 Å². The summed E-state index contributed by atoms with van der Waals surface area (Å²) in [6.45, 7) is 8.15. The molecule has 0 fully saturated rings. The van der Waals surface area contributed by atoms with Gasteiger partial charge in [0.25, 0.3) is 0 Å². The maximum Gasteiger partial charge on any atom is 0.229 e. The summed E-state index contributed by atoms with van der Waals surface area (Å²) in [4.78, 5) is 11.9. The van der Waals surface area contributed by atoms with Crippen LogP contribution >= 0.6 is 12.2 Å². The van der Waals surface area contributed by atoms with E-state index >= 15 is 0 Å². The molecular formula is C12H24N2O2S. The minimum absolute atomic E-state index is 0.0798. The number of carbonyl (C=O) groups excluding carboxylic acids is 1. The van der Waals surface area contributed by atoms with Crippen molar-refractivity contribution in [1.82, 2.24) is 5.32 Å². The van der Waals surface area contributed by atoms with Crippen LogP contribution in [0.25, 0.3) is 0 Å². The molecule has 0 aromatic rings. The summed E-state index contributed by atoms with van der Waals surface area (Å²) in [5.74, 6) is 0.120. The molecule has 0 aromatic heterocycles. The Balaban J connectivity index is 3.60. The predicted octanol–water partition coefficient (Wildman–Crippen LogP) is 1.48. The lowest BCUT2D eigenvalue weighted by atomic mass is 10.1. The van der Waals surface area contributed by atoms with E-state index in [4.69, 9.17) is 22.7 Å². The van der Waals surface area contributed by atoms with E-state index in [-0.39, 0.29) is 16.8 Å². The van der Waals surface area contributed by atoms with Crippen molar-refractivity contribution < 1.29 is 9.53 Å². The standard InChI is InChI=1S/C12H24N2O2S/c1-4-10(11(13)17)12(15)14-6-5-7-16-8-9(2)3/h9-10H,4-8H2,1-3H3,(H2,13,17)(H,14,15). The molecule has 0 saturated heterocycles. The quantitative estimate of drug-likeness (QED) is 0.487. The highest BCUT2D eigenvalue weighted by Crippen LogP contribution is 2.02. The summed E-state index contributed by atoms with van der Waals surface area (Å²) in [6, 6.07) is 0. The molecule has 100 valence electrons. The Labute approximate surface area is 109 Å². The Morgan fingerprint density at radius 2 is 2.12 bits per heavy atom. The highest BCUT2D eigenvalue weighted by Gasteiger charge is 2.18. The Kier molecular flexibility index (Phi) is 8.99. The maximum absolute atomic E-state index is 11.6. The van der Waals surface area contributed by atoms with Gasteiger partial charge >= 0.3 is 0 Å². The number of hydrogen-bond donors (Lipinski definition) is 2. The van der Waals surface area contributed by atoms with Gasteiger partial charge in [-0.1, -0.05) is 33.0 Å². The number of nitrogens with one attached hydrogen (secondary N) is 1. The van der Waals surface area contributed by atoms with Gasteiger partial charge in [-0.25, -0.2) is 0 Å². The van der Waals surface area contributed by atoms with Crippen LogP contribution in [0.1, 0.15) is 33.6 Å². The number of carbonyl (C=O) groups is 1. The van der Waals surface area contributed by atoms with Gasteiger partial charge in [-0.05, 0) is 18.8 Å². The number of amides is 1. The predicted molar refractivity (Wildman–Crippen MR) is 73.9 cm³/mol. The Morgan fingerprint density at radius 1 is 1.47 bits per heavy atom.